The van der Waals surface area contributed by atoms with Crippen molar-refractivity contribution >= 4 is 41.0 Å². The lowest BCUT2D eigenvalue weighted by atomic mass is 10.0. The molecule has 5 nitrogen and oxygen atoms in total. The van der Waals surface area contributed by atoms with Gasteiger partial charge in [-0.15, -0.1) is 22.0 Å². The van der Waals surface area contributed by atoms with Crippen LogP contribution in [0.25, 0.3) is 11.4 Å². The molecule has 150 valence electrons. The zero-order valence-corrected chi connectivity index (χ0v) is 18.4. The molecule has 29 heavy (non-hydrogen) atoms. The second kappa shape index (κ2) is 9.24. The van der Waals surface area contributed by atoms with E-state index in [0.717, 1.165) is 40.8 Å². The number of thioether (sulfide) groups is 2. The zero-order valence-electron chi connectivity index (χ0n) is 16.0. The van der Waals surface area contributed by atoms with Crippen molar-refractivity contribution in [2.75, 3.05) is 11.5 Å². The summed E-state index contributed by atoms with van der Waals surface area (Å²) in [6.07, 6.45) is 0.901. The van der Waals surface area contributed by atoms with E-state index in [0.29, 0.717) is 10.8 Å². The average molecular weight is 445 g/mol. The van der Waals surface area contributed by atoms with Gasteiger partial charge in [-0.05, 0) is 37.1 Å². The molecule has 8 heteroatoms. The Labute approximate surface area is 183 Å². The summed E-state index contributed by atoms with van der Waals surface area (Å²) in [5.41, 5.74) is 2.13. The lowest BCUT2D eigenvalue weighted by Crippen LogP contribution is -2.32. The van der Waals surface area contributed by atoms with Crippen LogP contribution < -0.4 is 5.32 Å². The van der Waals surface area contributed by atoms with Gasteiger partial charge in [0.1, 0.15) is 0 Å². The van der Waals surface area contributed by atoms with Gasteiger partial charge in [-0.1, -0.05) is 53.7 Å². The quantitative estimate of drug-likeness (QED) is 0.538. The van der Waals surface area contributed by atoms with Crippen LogP contribution in [0.5, 0.6) is 0 Å². The summed E-state index contributed by atoms with van der Waals surface area (Å²) in [5.74, 6) is 2.10. The van der Waals surface area contributed by atoms with Gasteiger partial charge in [0, 0.05) is 27.8 Å². The second-order valence-electron chi connectivity index (χ2n) is 6.64. The van der Waals surface area contributed by atoms with Crippen molar-refractivity contribution in [3.8, 4) is 11.4 Å². The summed E-state index contributed by atoms with van der Waals surface area (Å²) >= 11 is 9.38. The molecule has 1 aliphatic heterocycles. The first-order chi connectivity index (χ1) is 14.2. The molecule has 1 atom stereocenters. The van der Waals surface area contributed by atoms with E-state index in [9.17, 15) is 4.79 Å². The number of aromatic nitrogens is 3. The van der Waals surface area contributed by atoms with Crippen LogP contribution in [-0.2, 0) is 11.3 Å². The summed E-state index contributed by atoms with van der Waals surface area (Å²) in [6.45, 7) is 2.80. The minimum Gasteiger partial charge on any atom is -0.348 e. The first-order valence-corrected chi connectivity index (χ1v) is 11.8. The van der Waals surface area contributed by atoms with Crippen LogP contribution in [0.3, 0.4) is 0 Å². The second-order valence-corrected chi connectivity index (χ2v) is 9.16. The molecule has 1 aliphatic rings. The lowest BCUT2D eigenvalue weighted by molar-refractivity contribution is -0.119. The van der Waals surface area contributed by atoms with E-state index >= 15 is 0 Å². The molecule has 3 aromatic rings. The van der Waals surface area contributed by atoms with Crippen LogP contribution in [0.4, 0.5) is 0 Å². The first-order valence-electron chi connectivity index (χ1n) is 9.48. The minimum absolute atomic E-state index is 0.00183. The average Bonchev–Trinajstić information content (AvgIpc) is 3.16. The molecule has 0 bridgehead atoms. The van der Waals surface area contributed by atoms with Crippen molar-refractivity contribution in [1.82, 2.24) is 20.1 Å². The molecule has 0 radical (unpaired) electrons. The Morgan fingerprint density at radius 1 is 1.28 bits per heavy atom. The SMILES string of the molecule is CCn1c(SCC(=O)NC2CCSc3ccc(Cl)cc32)nnc1-c1ccccc1. The van der Waals surface area contributed by atoms with Crippen molar-refractivity contribution in [1.29, 1.82) is 0 Å². The van der Waals surface area contributed by atoms with Gasteiger partial charge in [0.25, 0.3) is 0 Å². The van der Waals surface area contributed by atoms with E-state index in [1.807, 2.05) is 64.9 Å². The third-order valence-electron chi connectivity index (χ3n) is 4.74. The van der Waals surface area contributed by atoms with E-state index in [4.69, 9.17) is 11.6 Å². The summed E-state index contributed by atoms with van der Waals surface area (Å²) in [4.78, 5) is 13.8. The zero-order chi connectivity index (χ0) is 20.2. The number of amides is 1. The van der Waals surface area contributed by atoms with Crippen LogP contribution in [0.15, 0.2) is 58.6 Å². The van der Waals surface area contributed by atoms with E-state index in [2.05, 4.69) is 22.4 Å². The van der Waals surface area contributed by atoms with E-state index in [-0.39, 0.29) is 11.9 Å². The maximum Gasteiger partial charge on any atom is 0.230 e. The van der Waals surface area contributed by atoms with Gasteiger partial charge in [0.05, 0.1) is 11.8 Å². The van der Waals surface area contributed by atoms with Crippen LogP contribution >= 0.6 is 35.1 Å². The molecular weight excluding hydrogens is 424 g/mol. The van der Waals surface area contributed by atoms with E-state index in [1.165, 1.54) is 16.7 Å². The number of benzene rings is 2. The topological polar surface area (TPSA) is 59.8 Å². The van der Waals surface area contributed by atoms with Crippen LogP contribution in [0, 0.1) is 0 Å². The van der Waals surface area contributed by atoms with Crippen LogP contribution in [-0.4, -0.2) is 32.2 Å². The highest BCUT2D eigenvalue weighted by Crippen LogP contribution is 2.37. The molecule has 1 unspecified atom stereocenters. The number of halogens is 1. The van der Waals surface area contributed by atoms with Gasteiger partial charge in [0.2, 0.25) is 5.91 Å². The summed E-state index contributed by atoms with van der Waals surface area (Å²) in [5, 5.41) is 13.2. The normalized spacial score (nSPS) is 15.7. The monoisotopic (exact) mass is 444 g/mol. The van der Waals surface area contributed by atoms with Crippen molar-refractivity contribution < 1.29 is 4.79 Å². The van der Waals surface area contributed by atoms with Gasteiger partial charge < -0.3 is 9.88 Å². The number of fused-ring (bicyclic) bond motifs is 1. The molecule has 0 saturated carbocycles. The molecule has 1 aromatic heterocycles. The Kier molecular flexibility index (Phi) is 6.47. The molecule has 4 rings (SSSR count). The fourth-order valence-electron chi connectivity index (χ4n) is 3.36. The number of hydrogen-bond acceptors (Lipinski definition) is 5. The maximum atomic E-state index is 12.6. The third kappa shape index (κ3) is 4.63. The molecule has 0 fully saturated rings. The molecule has 2 heterocycles. The van der Waals surface area contributed by atoms with Crippen LogP contribution in [0.1, 0.15) is 24.9 Å². The van der Waals surface area contributed by atoms with Crippen molar-refractivity contribution in [3.63, 3.8) is 0 Å². The summed E-state index contributed by atoms with van der Waals surface area (Å²) in [7, 11) is 0. The van der Waals surface area contributed by atoms with Gasteiger partial charge in [-0.25, -0.2) is 0 Å². The predicted octanol–water partition coefficient (Wildman–Crippen LogP) is 5.06. The maximum absolute atomic E-state index is 12.6. The van der Waals surface area contributed by atoms with E-state index < -0.39 is 0 Å². The number of carbonyl (C=O) groups excluding carboxylic acids is 1. The van der Waals surface area contributed by atoms with Gasteiger partial charge in [0.15, 0.2) is 11.0 Å². The molecule has 1 N–H and O–H groups in total. The van der Waals surface area contributed by atoms with Crippen molar-refractivity contribution in [2.24, 2.45) is 0 Å². The van der Waals surface area contributed by atoms with Gasteiger partial charge in [-0.3, -0.25) is 4.79 Å². The number of carbonyl (C=O) groups is 1. The largest absolute Gasteiger partial charge is 0.348 e. The summed E-state index contributed by atoms with van der Waals surface area (Å²) in [6, 6.07) is 15.9. The minimum atomic E-state index is -0.00950. The van der Waals surface area contributed by atoms with E-state index in [1.54, 1.807) is 0 Å². The molecule has 0 spiro atoms. The molecule has 2 aromatic carbocycles. The highest BCUT2D eigenvalue weighted by molar-refractivity contribution is 7.99. The van der Waals surface area contributed by atoms with Gasteiger partial charge >= 0.3 is 0 Å². The smallest absolute Gasteiger partial charge is 0.230 e. The van der Waals surface area contributed by atoms with Crippen LogP contribution in [0.2, 0.25) is 5.02 Å². The Balaban J connectivity index is 1.42. The Morgan fingerprint density at radius 2 is 2.10 bits per heavy atom. The van der Waals surface area contributed by atoms with Gasteiger partial charge in [-0.2, -0.15) is 0 Å². The number of nitrogens with zero attached hydrogens (tertiary/aromatic N) is 3. The number of nitrogens with one attached hydrogen (secondary N) is 1. The predicted molar refractivity (Wildman–Crippen MR) is 120 cm³/mol. The van der Waals surface area contributed by atoms with Crippen molar-refractivity contribution in [3.05, 3.63) is 59.1 Å². The standard InChI is InChI=1S/C21H21ClN4OS2/c1-2-26-20(14-6-4-3-5-7-14)24-25-21(26)29-13-19(27)23-17-10-11-28-18-9-8-15(22)12-16(17)18/h3-9,12,17H,2,10-11,13H2,1H3,(H,23,27). The number of hydrogen-bond donors (Lipinski definition) is 1. The fourth-order valence-corrected chi connectivity index (χ4v) is 5.46. The first kappa shape index (κ1) is 20.3. The Hall–Kier alpha value is -1.96. The highest BCUT2D eigenvalue weighted by Gasteiger charge is 2.23. The third-order valence-corrected chi connectivity index (χ3v) is 7.07. The molecule has 0 saturated heterocycles. The Morgan fingerprint density at radius 3 is 2.90 bits per heavy atom. The fraction of sp³-hybridized carbons (Fsp3) is 0.286. The number of rotatable bonds is 6. The summed E-state index contributed by atoms with van der Waals surface area (Å²) < 4.78 is 2.04. The lowest BCUT2D eigenvalue weighted by Gasteiger charge is -2.26. The molecule has 0 aliphatic carbocycles. The van der Waals surface area contributed by atoms with Crippen molar-refractivity contribution in [2.45, 2.75) is 36.0 Å². The highest BCUT2D eigenvalue weighted by atomic mass is 35.5. The molecular formula is C21H21ClN4OS2. The molecule has 1 amide bonds. The Bertz CT molecular complexity index is 1010.